The second-order valence-electron chi connectivity index (χ2n) is 13.5. The maximum absolute atomic E-state index is 10.4. The van der Waals surface area contributed by atoms with Crippen LogP contribution in [0.3, 0.4) is 0 Å². The second kappa shape index (κ2) is 13.6. The lowest BCUT2D eigenvalue weighted by molar-refractivity contribution is 0.998. The molecule has 0 aliphatic carbocycles. The van der Waals surface area contributed by atoms with Gasteiger partial charge >= 0.3 is 0 Å². The van der Waals surface area contributed by atoms with E-state index in [0.29, 0.717) is 11.1 Å². The Balaban J connectivity index is 1.08. The van der Waals surface area contributed by atoms with Crippen LogP contribution in [0.4, 0.5) is 39.8 Å². The van der Waals surface area contributed by atoms with E-state index in [4.69, 9.17) is 0 Å². The number of anilines is 7. The van der Waals surface area contributed by atoms with Gasteiger partial charge in [0, 0.05) is 52.9 Å². The van der Waals surface area contributed by atoms with Gasteiger partial charge in [-0.1, -0.05) is 91.0 Å². The third kappa shape index (κ3) is 5.85. The van der Waals surface area contributed by atoms with Gasteiger partial charge in [0.1, 0.15) is 0 Å². The van der Waals surface area contributed by atoms with Gasteiger partial charge in [0.2, 0.25) is 0 Å². The van der Waals surface area contributed by atoms with Crippen LogP contribution in [0, 0.1) is 22.7 Å². The number of benzene rings is 7. The van der Waals surface area contributed by atoms with Gasteiger partial charge in [-0.15, -0.1) is 0 Å². The Hall–Kier alpha value is -7.08. The van der Waals surface area contributed by atoms with Crippen molar-refractivity contribution in [1.29, 1.82) is 10.5 Å². The Morgan fingerprint density at radius 1 is 0.434 bits per heavy atom. The van der Waals surface area contributed by atoms with Crippen molar-refractivity contribution in [1.82, 2.24) is 0 Å². The molecule has 5 heteroatoms. The zero-order valence-electron chi connectivity index (χ0n) is 29.2. The minimum absolute atomic E-state index is 0.641. The molecular weight excluding hydrogens is 647 g/mol. The molecule has 5 nitrogen and oxygen atoms in total. The fraction of sp³-hybridized carbons (Fsp3) is 0.0833. The lowest BCUT2D eigenvalue weighted by Crippen LogP contribution is -2.13. The molecule has 2 aliphatic rings. The van der Waals surface area contributed by atoms with Crippen LogP contribution in [0.1, 0.15) is 22.3 Å². The SMILES string of the molecule is N#Cc1cc(N2CCc3ccccc32)ccc1-c1cccc(N(c2ccccc2)c2cccc(-c3ccc(N4CCc5ccccc54)cc3C#N)c2)c1. The summed E-state index contributed by atoms with van der Waals surface area (Å²) in [5, 5.41) is 20.8. The summed E-state index contributed by atoms with van der Waals surface area (Å²) in [6.07, 6.45) is 1.99. The van der Waals surface area contributed by atoms with Crippen LogP contribution in [0.25, 0.3) is 22.3 Å². The largest absolute Gasteiger partial charge is 0.341 e. The van der Waals surface area contributed by atoms with Gasteiger partial charge in [0.05, 0.1) is 23.3 Å². The number of para-hydroxylation sites is 3. The zero-order valence-corrected chi connectivity index (χ0v) is 29.2. The van der Waals surface area contributed by atoms with Gasteiger partial charge in [-0.05, 0) is 119 Å². The molecule has 0 atom stereocenters. The first-order chi connectivity index (χ1) is 26.2. The smallest absolute Gasteiger partial charge is 0.0998 e. The molecule has 0 saturated heterocycles. The number of rotatable bonds is 7. The van der Waals surface area contributed by atoms with Crippen LogP contribution in [0.15, 0.2) is 164 Å². The van der Waals surface area contributed by atoms with Crippen LogP contribution in [0.2, 0.25) is 0 Å². The van der Waals surface area contributed by atoms with Crippen LogP contribution in [-0.2, 0) is 12.8 Å². The first kappa shape index (κ1) is 31.9. The van der Waals surface area contributed by atoms with Gasteiger partial charge < -0.3 is 14.7 Å². The minimum atomic E-state index is 0.641. The van der Waals surface area contributed by atoms with E-state index in [1.807, 2.05) is 30.3 Å². The molecule has 2 heterocycles. The summed E-state index contributed by atoms with van der Waals surface area (Å²) >= 11 is 0. The highest BCUT2D eigenvalue weighted by molar-refractivity contribution is 5.85. The lowest BCUT2D eigenvalue weighted by Gasteiger charge is -2.27. The molecule has 0 bridgehead atoms. The van der Waals surface area contributed by atoms with E-state index in [0.717, 1.165) is 76.6 Å². The quantitative estimate of drug-likeness (QED) is 0.168. The molecule has 9 rings (SSSR count). The summed E-state index contributed by atoms with van der Waals surface area (Å²) in [4.78, 5) is 6.84. The third-order valence-corrected chi connectivity index (χ3v) is 10.5. The van der Waals surface area contributed by atoms with E-state index in [1.165, 1.54) is 22.5 Å². The van der Waals surface area contributed by atoms with E-state index in [1.54, 1.807) is 0 Å². The number of nitriles is 2. The van der Waals surface area contributed by atoms with Gasteiger partial charge in [-0.3, -0.25) is 0 Å². The first-order valence-corrected chi connectivity index (χ1v) is 18.0. The average Bonchev–Trinajstić information content (AvgIpc) is 3.86. The number of fused-ring (bicyclic) bond motifs is 2. The molecule has 0 fully saturated rings. The molecule has 2 aliphatic heterocycles. The fourth-order valence-corrected chi connectivity index (χ4v) is 7.95. The van der Waals surface area contributed by atoms with Crippen LogP contribution in [0.5, 0.6) is 0 Å². The second-order valence-corrected chi connectivity index (χ2v) is 13.5. The Morgan fingerprint density at radius 3 is 1.38 bits per heavy atom. The Labute approximate surface area is 310 Å². The van der Waals surface area contributed by atoms with Crippen molar-refractivity contribution in [3.8, 4) is 34.4 Å². The lowest BCUT2D eigenvalue weighted by atomic mass is 9.97. The summed E-state index contributed by atoms with van der Waals surface area (Å²) in [6, 6.07) is 61.5. The molecule has 0 saturated carbocycles. The molecule has 0 radical (unpaired) electrons. The fourth-order valence-electron chi connectivity index (χ4n) is 7.95. The maximum Gasteiger partial charge on any atom is 0.0998 e. The average molecular weight is 682 g/mol. The van der Waals surface area contributed by atoms with Crippen molar-refractivity contribution in [3.05, 3.63) is 186 Å². The molecule has 0 aromatic heterocycles. The Bertz CT molecular complexity index is 2420. The van der Waals surface area contributed by atoms with E-state index in [2.05, 4.69) is 160 Å². The van der Waals surface area contributed by atoms with E-state index >= 15 is 0 Å². The van der Waals surface area contributed by atoms with Gasteiger partial charge in [0.25, 0.3) is 0 Å². The number of nitrogens with zero attached hydrogens (tertiary/aromatic N) is 5. The summed E-state index contributed by atoms with van der Waals surface area (Å²) in [6.45, 7) is 1.80. The molecule has 252 valence electrons. The van der Waals surface area contributed by atoms with E-state index < -0.39 is 0 Å². The number of hydrogen-bond acceptors (Lipinski definition) is 5. The molecule has 0 unspecified atom stereocenters. The minimum Gasteiger partial charge on any atom is -0.341 e. The summed E-state index contributed by atoms with van der Waals surface area (Å²) in [5.41, 5.74) is 15.1. The molecule has 0 spiro atoms. The van der Waals surface area contributed by atoms with Crippen molar-refractivity contribution in [2.75, 3.05) is 27.8 Å². The van der Waals surface area contributed by atoms with Gasteiger partial charge in [-0.2, -0.15) is 10.5 Å². The highest BCUT2D eigenvalue weighted by Crippen LogP contribution is 2.42. The molecule has 0 N–H and O–H groups in total. The predicted octanol–water partition coefficient (Wildman–Crippen LogP) is 11.6. The highest BCUT2D eigenvalue weighted by Gasteiger charge is 2.23. The van der Waals surface area contributed by atoms with Gasteiger partial charge in [0.15, 0.2) is 0 Å². The van der Waals surface area contributed by atoms with Crippen molar-refractivity contribution in [2.24, 2.45) is 0 Å². The topological polar surface area (TPSA) is 57.3 Å². The third-order valence-electron chi connectivity index (χ3n) is 10.5. The van der Waals surface area contributed by atoms with Crippen molar-refractivity contribution in [2.45, 2.75) is 12.8 Å². The van der Waals surface area contributed by atoms with Gasteiger partial charge in [-0.25, -0.2) is 0 Å². The number of hydrogen-bond donors (Lipinski definition) is 0. The predicted molar refractivity (Wildman–Crippen MR) is 216 cm³/mol. The Morgan fingerprint density at radius 2 is 0.887 bits per heavy atom. The summed E-state index contributed by atoms with van der Waals surface area (Å²) in [5.74, 6) is 0. The normalized spacial score (nSPS) is 12.9. The molecule has 53 heavy (non-hydrogen) atoms. The zero-order chi connectivity index (χ0) is 35.7. The van der Waals surface area contributed by atoms with Crippen LogP contribution >= 0.6 is 0 Å². The monoisotopic (exact) mass is 681 g/mol. The standard InChI is InChI=1S/C48H35N5/c49-32-38-30-41(51-26-24-34-10-4-6-18-47(34)51)20-22-45(38)36-12-8-16-43(28-36)53(40-14-2-1-3-15-40)44-17-9-13-37(29-44)46-23-21-42(31-39(46)33-50)52-27-25-35-11-5-7-19-48(35)52/h1-23,28-31H,24-27H2. The van der Waals surface area contributed by atoms with Crippen molar-refractivity contribution >= 4 is 39.8 Å². The van der Waals surface area contributed by atoms with Crippen molar-refractivity contribution in [3.63, 3.8) is 0 Å². The molecular formula is C48H35N5. The van der Waals surface area contributed by atoms with E-state index in [-0.39, 0.29) is 0 Å². The van der Waals surface area contributed by atoms with Crippen LogP contribution < -0.4 is 14.7 Å². The molecule has 7 aromatic rings. The van der Waals surface area contributed by atoms with Crippen LogP contribution in [-0.4, -0.2) is 13.1 Å². The Kier molecular flexibility index (Phi) is 8.16. The maximum atomic E-state index is 10.4. The highest BCUT2D eigenvalue weighted by atomic mass is 15.2. The first-order valence-electron chi connectivity index (χ1n) is 18.0. The molecule has 7 aromatic carbocycles. The van der Waals surface area contributed by atoms with E-state index in [9.17, 15) is 10.5 Å². The summed E-state index contributed by atoms with van der Waals surface area (Å²) < 4.78 is 0. The van der Waals surface area contributed by atoms with Crippen molar-refractivity contribution < 1.29 is 0 Å². The summed E-state index contributed by atoms with van der Waals surface area (Å²) in [7, 11) is 0. The molecule has 0 amide bonds.